The number of aliphatic hydroxyl groups excluding tert-OH is 1. The Morgan fingerprint density at radius 1 is 0.932 bits per heavy atom. The molecule has 1 amide bonds. The zero-order valence-electron chi connectivity index (χ0n) is 26.8. The molecule has 3 aromatic carbocycles. The molecule has 0 bridgehead atoms. The fourth-order valence-electron chi connectivity index (χ4n) is 5.73. The summed E-state index contributed by atoms with van der Waals surface area (Å²) in [6, 6.07) is 25.7. The number of allylic oxidation sites excluding steroid dienone is 1. The number of hydrogen-bond acceptors (Lipinski definition) is 6. The van der Waals surface area contributed by atoms with Crippen molar-refractivity contribution in [2.24, 2.45) is 11.8 Å². The van der Waals surface area contributed by atoms with Crippen LogP contribution in [0.3, 0.4) is 0 Å². The lowest BCUT2D eigenvalue weighted by Crippen LogP contribution is -2.36. The Morgan fingerprint density at radius 2 is 1.57 bits per heavy atom. The first-order valence-corrected chi connectivity index (χ1v) is 15.6. The maximum atomic E-state index is 12.5. The molecule has 4 rings (SSSR count). The third-order valence-electron chi connectivity index (χ3n) is 8.02. The van der Waals surface area contributed by atoms with E-state index in [0.29, 0.717) is 31.4 Å². The molecule has 44 heavy (non-hydrogen) atoms. The summed E-state index contributed by atoms with van der Waals surface area (Å²) < 4.78 is 11.7. The number of ether oxygens (including phenoxy) is 2. The number of carbonyl (C=O) groups excluding carboxylic acids is 1. The topological polar surface area (TPSA) is 82.5 Å². The fourth-order valence-corrected chi connectivity index (χ4v) is 5.73. The molecule has 7 nitrogen and oxygen atoms in total. The summed E-state index contributed by atoms with van der Waals surface area (Å²) in [4.78, 5) is 16.6. The van der Waals surface area contributed by atoms with E-state index in [0.717, 1.165) is 59.6 Å². The predicted molar refractivity (Wildman–Crippen MR) is 177 cm³/mol. The molecule has 0 saturated carbocycles. The Labute approximate surface area is 262 Å². The van der Waals surface area contributed by atoms with E-state index >= 15 is 0 Å². The van der Waals surface area contributed by atoms with Crippen LogP contribution in [0.15, 0.2) is 78.9 Å². The average Bonchev–Trinajstić information content (AvgIpc) is 3.36. The van der Waals surface area contributed by atoms with Gasteiger partial charge in [-0.1, -0.05) is 61.5 Å². The number of aromatic hydroxyl groups is 1. The summed E-state index contributed by atoms with van der Waals surface area (Å²) in [7, 11) is 2.10. The number of rotatable bonds is 12. The van der Waals surface area contributed by atoms with Crippen molar-refractivity contribution in [1.82, 2.24) is 9.80 Å². The third kappa shape index (κ3) is 9.34. The van der Waals surface area contributed by atoms with E-state index in [4.69, 9.17) is 9.47 Å². The van der Waals surface area contributed by atoms with Crippen LogP contribution < -0.4 is 4.74 Å². The van der Waals surface area contributed by atoms with Gasteiger partial charge in [-0.15, -0.1) is 0 Å². The van der Waals surface area contributed by atoms with Gasteiger partial charge in [-0.2, -0.15) is 0 Å². The molecule has 236 valence electrons. The van der Waals surface area contributed by atoms with E-state index in [9.17, 15) is 15.0 Å². The van der Waals surface area contributed by atoms with E-state index in [1.807, 2.05) is 68.1 Å². The number of nitrogens with zero attached hydrogens (tertiary/aromatic N) is 2. The van der Waals surface area contributed by atoms with Gasteiger partial charge in [0.2, 0.25) is 0 Å². The second-order valence-electron chi connectivity index (χ2n) is 12.9. The highest BCUT2D eigenvalue weighted by atomic mass is 16.6. The molecule has 1 fully saturated rings. The highest BCUT2D eigenvalue weighted by molar-refractivity contribution is 5.98. The Hall–Kier alpha value is -3.81. The van der Waals surface area contributed by atoms with Crippen molar-refractivity contribution in [2.45, 2.75) is 46.1 Å². The summed E-state index contributed by atoms with van der Waals surface area (Å²) in [5, 5.41) is 19.6. The van der Waals surface area contributed by atoms with Crippen molar-refractivity contribution >= 4 is 17.2 Å². The average molecular weight is 601 g/mol. The number of hydrogen-bond donors (Lipinski definition) is 2. The number of likely N-dealkylation sites (tertiary alicyclic amines) is 1. The second-order valence-corrected chi connectivity index (χ2v) is 12.9. The lowest BCUT2D eigenvalue weighted by atomic mass is 9.87. The number of carbonyl (C=O) groups is 1. The molecule has 1 aliphatic heterocycles. The van der Waals surface area contributed by atoms with E-state index in [-0.39, 0.29) is 18.4 Å². The van der Waals surface area contributed by atoms with E-state index < -0.39 is 5.60 Å². The van der Waals surface area contributed by atoms with Crippen molar-refractivity contribution in [1.29, 1.82) is 0 Å². The van der Waals surface area contributed by atoms with Crippen LogP contribution in [0.1, 0.15) is 57.2 Å². The highest BCUT2D eigenvalue weighted by Gasteiger charge is 2.35. The zero-order valence-corrected chi connectivity index (χ0v) is 26.8. The molecular formula is C37H48N2O5. The normalized spacial score (nSPS) is 17.5. The molecule has 0 radical (unpaired) electrons. The quantitative estimate of drug-likeness (QED) is 0.219. The van der Waals surface area contributed by atoms with Crippen LogP contribution in [0.5, 0.6) is 11.5 Å². The predicted octanol–water partition coefficient (Wildman–Crippen LogP) is 6.94. The molecular weight excluding hydrogens is 552 g/mol. The fraction of sp³-hybridized carbons (Fsp3) is 0.432. The molecule has 0 spiro atoms. The van der Waals surface area contributed by atoms with Gasteiger partial charge in [0.05, 0.1) is 0 Å². The summed E-state index contributed by atoms with van der Waals surface area (Å²) >= 11 is 0. The van der Waals surface area contributed by atoms with Crippen LogP contribution in [0.4, 0.5) is 4.79 Å². The summed E-state index contributed by atoms with van der Waals surface area (Å²) in [6.45, 7) is 11.7. The number of likely N-dealkylation sites (N-methyl/N-ethyl adjacent to an activating group) is 1. The van der Waals surface area contributed by atoms with Gasteiger partial charge >= 0.3 is 6.09 Å². The lowest BCUT2D eigenvalue weighted by Gasteiger charge is -2.25. The summed E-state index contributed by atoms with van der Waals surface area (Å²) in [5.74, 6) is 1.82. The Balaban J connectivity index is 1.41. The Kier molecular flexibility index (Phi) is 11.5. The van der Waals surface area contributed by atoms with Gasteiger partial charge in [0.15, 0.2) is 0 Å². The molecule has 0 aromatic heterocycles. The summed E-state index contributed by atoms with van der Waals surface area (Å²) in [6.07, 6.45) is 1.14. The Morgan fingerprint density at radius 3 is 2.18 bits per heavy atom. The first kappa shape index (κ1) is 33.1. The van der Waals surface area contributed by atoms with Crippen molar-refractivity contribution in [3.8, 4) is 11.5 Å². The molecule has 1 saturated heterocycles. The summed E-state index contributed by atoms with van der Waals surface area (Å²) in [5.41, 5.74) is 4.88. The molecule has 1 heterocycles. The van der Waals surface area contributed by atoms with Crippen LogP contribution in [-0.2, 0) is 4.74 Å². The number of amides is 1. The van der Waals surface area contributed by atoms with Crippen LogP contribution in [0.2, 0.25) is 0 Å². The van der Waals surface area contributed by atoms with E-state index in [1.54, 1.807) is 12.1 Å². The first-order chi connectivity index (χ1) is 21.0. The van der Waals surface area contributed by atoms with Gasteiger partial charge in [0, 0.05) is 32.8 Å². The van der Waals surface area contributed by atoms with Crippen LogP contribution >= 0.6 is 0 Å². The van der Waals surface area contributed by atoms with Crippen LogP contribution in [0.25, 0.3) is 11.1 Å². The number of phenolic OH excluding ortho intramolecular Hbond substituents is 1. The minimum atomic E-state index is -0.488. The van der Waals surface area contributed by atoms with Gasteiger partial charge in [0.1, 0.15) is 23.7 Å². The largest absolute Gasteiger partial charge is 0.508 e. The number of phenols is 1. The number of benzene rings is 3. The Bertz CT molecular complexity index is 1360. The van der Waals surface area contributed by atoms with Gasteiger partial charge in [-0.25, -0.2) is 4.79 Å². The molecule has 0 aliphatic carbocycles. The van der Waals surface area contributed by atoms with Crippen LogP contribution in [0, 0.1) is 11.8 Å². The SMILES string of the molecule is C[C@H]1CN(C(=O)OC(C)(C)C)C[C@H]1CN(C)CCOc1ccc(/C(=C(/CCCO)c2ccccc2)c2ccc(O)cc2)cc1. The third-order valence-corrected chi connectivity index (χ3v) is 8.02. The maximum absolute atomic E-state index is 12.5. The smallest absolute Gasteiger partial charge is 0.410 e. The van der Waals surface area contributed by atoms with Crippen molar-refractivity contribution in [3.05, 3.63) is 95.6 Å². The van der Waals surface area contributed by atoms with E-state index in [2.05, 4.69) is 43.1 Å². The van der Waals surface area contributed by atoms with Gasteiger partial charge in [-0.3, -0.25) is 0 Å². The van der Waals surface area contributed by atoms with Crippen molar-refractivity contribution in [2.75, 3.05) is 46.4 Å². The second kappa shape index (κ2) is 15.3. The highest BCUT2D eigenvalue weighted by Crippen LogP contribution is 2.36. The standard InChI is InChI=1S/C37H48N2O5/c1-27-24-39(36(42)44-37(2,3)4)26-31(27)25-38(5)21-23-43-33-19-15-30(16-20-33)35(29-13-17-32(41)18-14-29)34(12-9-22-40)28-10-7-6-8-11-28/h6-8,10-11,13-20,27,31,40-41H,9,12,21-26H2,1-5H3/b35-34-/t27-,31+/m0/s1. The lowest BCUT2D eigenvalue weighted by molar-refractivity contribution is 0.0282. The monoisotopic (exact) mass is 600 g/mol. The minimum Gasteiger partial charge on any atom is -0.508 e. The maximum Gasteiger partial charge on any atom is 0.410 e. The van der Waals surface area contributed by atoms with Gasteiger partial charge in [0.25, 0.3) is 0 Å². The van der Waals surface area contributed by atoms with Gasteiger partial charge in [-0.05, 0) is 105 Å². The molecule has 7 heteroatoms. The molecule has 0 unspecified atom stereocenters. The van der Waals surface area contributed by atoms with Crippen LogP contribution in [-0.4, -0.2) is 78.1 Å². The molecule has 3 aromatic rings. The number of aliphatic hydroxyl groups is 1. The zero-order chi connectivity index (χ0) is 31.7. The molecule has 2 atom stereocenters. The van der Waals surface area contributed by atoms with Crippen molar-refractivity contribution in [3.63, 3.8) is 0 Å². The van der Waals surface area contributed by atoms with Gasteiger partial charge < -0.3 is 29.5 Å². The van der Waals surface area contributed by atoms with E-state index in [1.165, 1.54) is 0 Å². The first-order valence-electron chi connectivity index (χ1n) is 15.6. The molecule has 2 N–H and O–H groups in total. The van der Waals surface area contributed by atoms with Crippen molar-refractivity contribution < 1.29 is 24.5 Å². The minimum absolute atomic E-state index is 0.113. The molecule has 1 aliphatic rings.